The van der Waals surface area contributed by atoms with Crippen LogP contribution in [0.5, 0.6) is 0 Å². The molecule has 0 saturated carbocycles. The van der Waals surface area contributed by atoms with E-state index < -0.39 is 0 Å². The van der Waals surface area contributed by atoms with E-state index in [-0.39, 0.29) is 5.41 Å². The molecule has 0 radical (unpaired) electrons. The molecular weight excluding hydrogens is 739 g/mol. The zero-order chi connectivity index (χ0) is 41.1. The van der Waals surface area contributed by atoms with Gasteiger partial charge in [0.25, 0.3) is 0 Å². The standard InChI is InChI=1S/C58H43N3/c1-58(2,3)45-31-26-39(27-32-45)47-23-12-17-41-18-13-24-49(55(41)47)43-19-11-20-44(36-43)52-37-51(40-15-5-4-6-16-40)59-57(60-52)42-28-33-46(34-29-42)61-53-25-10-9-22-50(53)56-48-21-8-7-14-38(48)30-35-54(56)61/h4-37H,1-3H3. The minimum atomic E-state index is 0.0943. The molecule has 11 aromatic rings. The molecule has 0 spiro atoms. The summed E-state index contributed by atoms with van der Waals surface area (Å²) in [6.07, 6.45) is 0. The molecule has 290 valence electrons. The third kappa shape index (κ3) is 6.47. The quantitative estimate of drug-likeness (QED) is 0.168. The fraction of sp³-hybridized carbons (Fsp3) is 0.0690. The van der Waals surface area contributed by atoms with Gasteiger partial charge in [-0.25, -0.2) is 9.97 Å². The lowest BCUT2D eigenvalue weighted by Gasteiger charge is -2.19. The molecule has 0 aliphatic rings. The van der Waals surface area contributed by atoms with E-state index in [4.69, 9.17) is 9.97 Å². The van der Waals surface area contributed by atoms with Crippen molar-refractivity contribution in [1.29, 1.82) is 0 Å². The summed E-state index contributed by atoms with van der Waals surface area (Å²) in [5.74, 6) is 0.688. The summed E-state index contributed by atoms with van der Waals surface area (Å²) >= 11 is 0. The number of rotatable bonds is 6. The second-order valence-corrected chi connectivity index (χ2v) is 17.0. The lowest BCUT2D eigenvalue weighted by atomic mass is 9.85. The summed E-state index contributed by atoms with van der Waals surface area (Å²) in [4.78, 5) is 10.5. The molecule has 0 unspecified atom stereocenters. The van der Waals surface area contributed by atoms with Crippen LogP contribution in [0.4, 0.5) is 0 Å². The Kier molecular flexibility index (Phi) is 8.72. The Bertz CT molecular complexity index is 3420. The van der Waals surface area contributed by atoms with E-state index in [0.29, 0.717) is 5.82 Å². The van der Waals surface area contributed by atoms with Crippen molar-refractivity contribution in [1.82, 2.24) is 14.5 Å². The van der Waals surface area contributed by atoms with E-state index >= 15 is 0 Å². The van der Waals surface area contributed by atoms with Crippen LogP contribution in [-0.4, -0.2) is 14.5 Å². The van der Waals surface area contributed by atoms with E-state index in [1.54, 1.807) is 0 Å². The highest BCUT2D eigenvalue weighted by Crippen LogP contribution is 2.40. The van der Waals surface area contributed by atoms with Gasteiger partial charge in [0.05, 0.1) is 22.4 Å². The first-order chi connectivity index (χ1) is 29.9. The van der Waals surface area contributed by atoms with E-state index in [1.165, 1.54) is 65.6 Å². The van der Waals surface area contributed by atoms with E-state index in [2.05, 4.69) is 226 Å². The van der Waals surface area contributed by atoms with Crippen molar-refractivity contribution in [3.63, 3.8) is 0 Å². The molecule has 61 heavy (non-hydrogen) atoms. The first kappa shape index (κ1) is 36.5. The largest absolute Gasteiger partial charge is 0.309 e. The Hall–Kier alpha value is -7.62. The fourth-order valence-corrected chi connectivity index (χ4v) is 9.08. The SMILES string of the molecule is CC(C)(C)c1ccc(-c2cccc3cccc(-c4cccc(-c5cc(-c6ccccc6)nc(-c6ccc(-n7c8ccccc8c8c9ccccc9ccc87)cc6)n5)c4)c23)cc1. The predicted molar refractivity (Wildman–Crippen MR) is 257 cm³/mol. The van der Waals surface area contributed by atoms with Gasteiger partial charge in [0.15, 0.2) is 5.82 Å². The van der Waals surface area contributed by atoms with Crippen LogP contribution in [0, 0.1) is 0 Å². The molecule has 0 aliphatic heterocycles. The maximum atomic E-state index is 5.30. The smallest absolute Gasteiger partial charge is 0.160 e. The Morgan fingerprint density at radius 3 is 1.72 bits per heavy atom. The van der Waals surface area contributed by atoms with Crippen molar-refractivity contribution in [2.45, 2.75) is 26.2 Å². The average molecular weight is 782 g/mol. The van der Waals surface area contributed by atoms with Gasteiger partial charge in [0, 0.05) is 33.2 Å². The highest BCUT2D eigenvalue weighted by molar-refractivity contribution is 6.21. The number of hydrogen-bond donors (Lipinski definition) is 0. The molecule has 2 aromatic heterocycles. The minimum Gasteiger partial charge on any atom is -0.309 e. The summed E-state index contributed by atoms with van der Waals surface area (Å²) in [6, 6.07) is 74.3. The Morgan fingerprint density at radius 2 is 0.967 bits per heavy atom. The fourth-order valence-electron chi connectivity index (χ4n) is 9.08. The van der Waals surface area contributed by atoms with Crippen molar-refractivity contribution < 1.29 is 0 Å². The molecule has 0 N–H and O–H groups in total. The molecule has 0 aliphatic carbocycles. The van der Waals surface area contributed by atoms with Gasteiger partial charge in [-0.15, -0.1) is 0 Å². The van der Waals surface area contributed by atoms with Crippen molar-refractivity contribution in [2.75, 3.05) is 0 Å². The predicted octanol–water partition coefficient (Wildman–Crippen LogP) is 15.5. The van der Waals surface area contributed by atoms with Crippen LogP contribution in [0.2, 0.25) is 0 Å². The van der Waals surface area contributed by atoms with E-state index in [1.807, 2.05) is 6.07 Å². The van der Waals surface area contributed by atoms with Crippen LogP contribution in [-0.2, 0) is 5.41 Å². The topological polar surface area (TPSA) is 30.7 Å². The molecule has 0 bridgehead atoms. The van der Waals surface area contributed by atoms with Gasteiger partial charge in [-0.2, -0.15) is 0 Å². The third-order valence-corrected chi connectivity index (χ3v) is 12.2. The maximum absolute atomic E-state index is 5.30. The number of para-hydroxylation sites is 1. The van der Waals surface area contributed by atoms with Gasteiger partial charge in [0.1, 0.15) is 0 Å². The van der Waals surface area contributed by atoms with Crippen molar-refractivity contribution >= 4 is 43.4 Å². The van der Waals surface area contributed by atoms with Crippen LogP contribution >= 0.6 is 0 Å². The van der Waals surface area contributed by atoms with E-state index in [9.17, 15) is 0 Å². The van der Waals surface area contributed by atoms with Crippen LogP contribution in [0.25, 0.3) is 105 Å². The van der Waals surface area contributed by atoms with Crippen LogP contribution in [0.15, 0.2) is 206 Å². The highest BCUT2D eigenvalue weighted by atomic mass is 15.0. The second-order valence-electron chi connectivity index (χ2n) is 17.0. The summed E-state index contributed by atoms with van der Waals surface area (Å²) in [6.45, 7) is 6.79. The average Bonchev–Trinajstić information content (AvgIpc) is 3.66. The second kappa shape index (κ2) is 14.6. The van der Waals surface area contributed by atoms with Crippen LogP contribution < -0.4 is 0 Å². The van der Waals surface area contributed by atoms with Crippen molar-refractivity contribution in [3.8, 4) is 61.8 Å². The monoisotopic (exact) mass is 781 g/mol. The summed E-state index contributed by atoms with van der Waals surface area (Å²) < 4.78 is 2.37. The molecule has 3 nitrogen and oxygen atoms in total. The number of hydrogen-bond acceptors (Lipinski definition) is 2. The zero-order valence-corrected chi connectivity index (χ0v) is 34.5. The highest BCUT2D eigenvalue weighted by Gasteiger charge is 2.18. The molecular formula is C58H43N3. The number of benzene rings is 9. The lowest BCUT2D eigenvalue weighted by molar-refractivity contribution is 0.590. The van der Waals surface area contributed by atoms with Gasteiger partial charge < -0.3 is 4.57 Å². The van der Waals surface area contributed by atoms with Gasteiger partial charge in [-0.1, -0.05) is 178 Å². The molecule has 9 aromatic carbocycles. The summed E-state index contributed by atoms with van der Waals surface area (Å²) in [5, 5.41) is 7.50. The van der Waals surface area contributed by atoms with Gasteiger partial charge in [-0.05, 0) is 103 Å². The summed E-state index contributed by atoms with van der Waals surface area (Å²) in [7, 11) is 0. The normalized spacial score (nSPS) is 11.9. The first-order valence-electron chi connectivity index (χ1n) is 21.1. The number of nitrogens with zero attached hydrogens (tertiary/aromatic N) is 3. The third-order valence-electron chi connectivity index (χ3n) is 12.2. The van der Waals surface area contributed by atoms with Crippen LogP contribution in [0.1, 0.15) is 26.3 Å². The van der Waals surface area contributed by atoms with Gasteiger partial charge in [-0.3, -0.25) is 0 Å². The Labute approximate surface area is 356 Å². The first-order valence-corrected chi connectivity index (χ1v) is 21.1. The lowest BCUT2D eigenvalue weighted by Crippen LogP contribution is -2.10. The molecule has 3 heteroatoms. The Morgan fingerprint density at radius 1 is 0.377 bits per heavy atom. The van der Waals surface area contributed by atoms with Gasteiger partial charge in [0.2, 0.25) is 0 Å². The number of aromatic nitrogens is 3. The Balaban J connectivity index is 1.02. The minimum absolute atomic E-state index is 0.0943. The maximum Gasteiger partial charge on any atom is 0.160 e. The van der Waals surface area contributed by atoms with Crippen molar-refractivity contribution in [3.05, 3.63) is 212 Å². The molecule has 0 fully saturated rings. The molecule has 0 atom stereocenters. The van der Waals surface area contributed by atoms with Gasteiger partial charge >= 0.3 is 0 Å². The molecule has 11 rings (SSSR count). The molecule has 0 amide bonds. The van der Waals surface area contributed by atoms with E-state index in [0.717, 1.165) is 39.3 Å². The van der Waals surface area contributed by atoms with Crippen LogP contribution in [0.3, 0.4) is 0 Å². The number of fused-ring (bicyclic) bond motifs is 6. The zero-order valence-electron chi connectivity index (χ0n) is 34.5. The molecule has 0 saturated heterocycles. The van der Waals surface area contributed by atoms with Crippen molar-refractivity contribution in [2.24, 2.45) is 0 Å². The molecule has 2 heterocycles. The summed E-state index contributed by atoms with van der Waals surface area (Å²) in [5.41, 5.74) is 14.5.